The van der Waals surface area contributed by atoms with E-state index in [4.69, 9.17) is 14.2 Å². The minimum Gasteiger partial charge on any atom is -0.493 e. The number of ether oxygens (including phenoxy) is 3. The lowest BCUT2D eigenvalue weighted by molar-refractivity contribution is -0.121. The summed E-state index contributed by atoms with van der Waals surface area (Å²) in [6.45, 7) is 4.06. The first-order valence-electron chi connectivity index (χ1n) is 9.67. The number of hydrogen-bond donors (Lipinski definition) is 1. The predicted octanol–water partition coefficient (Wildman–Crippen LogP) is 2.65. The van der Waals surface area contributed by atoms with E-state index < -0.39 is 0 Å². The third-order valence-corrected chi connectivity index (χ3v) is 4.82. The van der Waals surface area contributed by atoms with Crippen LogP contribution in [0.15, 0.2) is 54.6 Å². The van der Waals surface area contributed by atoms with Gasteiger partial charge in [-0.05, 0) is 17.7 Å². The van der Waals surface area contributed by atoms with Crippen LogP contribution in [0, 0.1) is 0 Å². The van der Waals surface area contributed by atoms with Gasteiger partial charge in [0.2, 0.25) is 5.91 Å². The van der Waals surface area contributed by atoms with Gasteiger partial charge < -0.3 is 19.5 Å². The van der Waals surface area contributed by atoms with Gasteiger partial charge in [0, 0.05) is 19.6 Å². The summed E-state index contributed by atoms with van der Waals surface area (Å²) < 4.78 is 16.4. The Morgan fingerprint density at radius 2 is 1.75 bits per heavy atom. The molecule has 1 amide bonds. The second-order valence-corrected chi connectivity index (χ2v) is 6.63. The molecule has 0 saturated carbocycles. The maximum Gasteiger partial charge on any atom is 0.223 e. The summed E-state index contributed by atoms with van der Waals surface area (Å²) in [6.07, 6.45) is 0.294. The average Bonchev–Trinajstić information content (AvgIpc) is 2.76. The molecule has 6 heteroatoms. The van der Waals surface area contributed by atoms with Crippen molar-refractivity contribution in [3.05, 3.63) is 60.2 Å². The summed E-state index contributed by atoms with van der Waals surface area (Å²) >= 11 is 0. The number of rotatable bonds is 9. The lowest BCUT2D eigenvalue weighted by Crippen LogP contribution is -2.44. The van der Waals surface area contributed by atoms with E-state index in [0.29, 0.717) is 31.1 Å². The zero-order chi connectivity index (χ0) is 19.6. The molecule has 0 aliphatic carbocycles. The van der Waals surface area contributed by atoms with Crippen LogP contribution >= 0.6 is 0 Å². The van der Waals surface area contributed by atoms with Crippen LogP contribution in [0.25, 0.3) is 0 Å². The van der Waals surface area contributed by atoms with Crippen molar-refractivity contribution in [2.24, 2.45) is 0 Å². The lowest BCUT2D eigenvalue weighted by atomic mass is 10.0. The fraction of sp³-hybridized carbons (Fsp3) is 0.409. The van der Waals surface area contributed by atoms with Crippen LogP contribution in [0.2, 0.25) is 0 Å². The van der Waals surface area contributed by atoms with Crippen LogP contribution < -0.4 is 14.8 Å². The number of para-hydroxylation sites is 2. The molecule has 0 aromatic heterocycles. The number of hydrogen-bond acceptors (Lipinski definition) is 5. The number of nitrogens with zero attached hydrogens (tertiary/aromatic N) is 1. The molecule has 3 rings (SSSR count). The van der Waals surface area contributed by atoms with E-state index in [2.05, 4.69) is 22.3 Å². The molecule has 1 aliphatic heterocycles. The molecule has 1 fully saturated rings. The zero-order valence-electron chi connectivity index (χ0n) is 16.3. The zero-order valence-corrected chi connectivity index (χ0v) is 16.3. The quantitative estimate of drug-likeness (QED) is 0.720. The number of carbonyl (C=O) groups is 1. The van der Waals surface area contributed by atoms with E-state index in [1.165, 1.54) is 5.56 Å². The highest BCUT2D eigenvalue weighted by molar-refractivity contribution is 5.76. The van der Waals surface area contributed by atoms with E-state index in [1.807, 2.05) is 42.5 Å². The SMILES string of the molecule is COc1ccccc1OCCC(=O)NCC(c1ccccc1)N1CCOCC1. The van der Waals surface area contributed by atoms with Crippen molar-refractivity contribution >= 4 is 5.91 Å². The Morgan fingerprint density at radius 1 is 1.07 bits per heavy atom. The smallest absolute Gasteiger partial charge is 0.223 e. The van der Waals surface area contributed by atoms with Crippen LogP contribution in [0.5, 0.6) is 11.5 Å². The van der Waals surface area contributed by atoms with Crippen LogP contribution in [0.4, 0.5) is 0 Å². The maximum absolute atomic E-state index is 12.3. The predicted molar refractivity (Wildman–Crippen MR) is 108 cm³/mol. The molecule has 0 spiro atoms. The third-order valence-electron chi connectivity index (χ3n) is 4.82. The summed E-state index contributed by atoms with van der Waals surface area (Å²) in [7, 11) is 1.60. The first-order valence-corrected chi connectivity index (χ1v) is 9.67. The average molecular weight is 384 g/mol. The van der Waals surface area contributed by atoms with Gasteiger partial charge in [0.1, 0.15) is 0 Å². The molecule has 2 aromatic carbocycles. The number of nitrogens with one attached hydrogen (secondary N) is 1. The minimum absolute atomic E-state index is 0.0240. The van der Waals surface area contributed by atoms with Crippen molar-refractivity contribution in [1.82, 2.24) is 10.2 Å². The molecule has 6 nitrogen and oxygen atoms in total. The number of amides is 1. The number of carbonyl (C=O) groups excluding carboxylic acids is 1. The molecule has 1 aliphatic rings. The topological polar surface area (TPSA) is 60.0 Å². The van der Waals surface area contributed by atoms with Gasteiger partial charge in [-0.25, -0.2) is 0 Å². The van der Waals surface area contributed by atoms with E-state index in [9.17, 15) is 4.79 Å². The largest absolute Gasteiger partial charge is 0.493 e. The number of methoxy groups -OCH3 is 1. The fourth-order valence-electron chi connectivity index (χ4n) is 3.31. The molecule has 0 bridgehead atoms. The normalized spacial score (nSPS) is 15.6. The van der Waals surface area contributed by atoms with Crippen LogP contribution in [-0.4, -0.2) is 57.4 Å². The highest BCUT2D eigenvalue weighted by Crippen LogP contribution is 2.25. The van der Waals surface area contributed by atoms with Gasteiger partial charge in [-0.3, -0.25) is 9.69 Å². The van der Waals surface area contributed by atoms with Gasteiger partial charge in [-0.15, -0.1) is 0 Å². The first-order chi connectivity index (χ1) is 13.8. The number of benzene rings is 2. The lowest BCUT2D eigenvalue weighted by Gasteiger charge is -2.35. The van der Waals surface area contributed by atoms with Gasteiger partial charge in [0.05, 0.1) is 39.4 Å². The molecule has 150 valence electrons. The molecule has 1 N–H and O–H groups in total. The fourth-order valence-corrected chi connectivity index (χ4v) is 3.31. The van der Waals surface area contributed by atoms with Crippen molar-refractivity contribution in [3.8, 4) is 11.5 Å². The van der Waals surface area contributed by atoms with E-state index in [1.54, 1.807) is 7.11 Å². The Hall–Kier alpha value is -2.57. The third kappa shape index (κ3) is 5.71. The Labute approximate surface area is 166 Å². The Kier molecular flexibility index (Phi) is 7.70. The van der Waals surface area contributed by atoms with Gasteiger partial charge in [0.15, 0.2) is 11.5 Å². The van der Waals surface area contributed by atoms with Gasteiger partial charge >= 0.3 is 0 Å². The molecule has 1 unspecified atom stereocenters. The highest BCUT2D eigenvalue weighted by atomic mass is 16.5. The second kappa shape index (κ2) is 10.7. The van der Waals surface area contributed by atoms with Gasteiger partial charge in [-0.1, -0.05) is 42.5 Å². The number of morpholine rings is 1. The van der Waals surface area contributed by atoms with Gasteiger partial charge in [0.25, 0.3) is 0 Å². The van der Waals surface area contributed by atoms with Crippen LogP contribution in [-0.2, 0) is 9.53 Å². The summed E-state index contributed by atoms with van der Waals surface area (Å²) in [6, 6.07) is 17.9. The van der Waals surface area contributed by atoms with Crippen molar-refractivity contribution in [2.75, 3.05) is 46.6 Å². The van der Waals surface area contributed by atoms with Crippen LogP contribution in [0.1, 0.15) is 18.0 Å². The summed E-state index contributed by atoms with van der Waals surface area (Å²) in [5, 5.41) is 3.06. The molecule has 1 atom stereocenters. The molecule has 2 aromatic rings. The molecule has 28 heavy (non-hydrogen) atoms. The van der Waals surface area contributed by atoms with Crippen molar-refractivity contribution in [2.45, 2.75) is 12.5 Å². The second-order valence-electron chi connectivity index (χ2n) is 6.63. The Balaban J connectivity index is 1.50. The van der Waals surface area contributed by atoms with Crippen LogP contribution in [0.3, 0.4) is 0 Å². The van der Waals surface area contributed by atoms with E-state index in [-0.39, 0.29) is 11.9 Å². The molecular weight excluding hydrogens is 356 g/mol. The summed E-state index contributed by atoms with van der Waals surface area (Å²) in [5.41, 5.74) is 1.20. The van der Waals surface area contributed by atoms with Gasteiger partial charge in [-0.2, -0.15) is 0 Å². The maximum atomic E-state index is 12.3. The highest BCUT2D eigenvalue weighted by Gasteiger charge is 2.23. The standard InChI is InChI=1S/C22H28N2O4/c1-26-20-9-5-6-10-21(20)28-14-11-22(25)23-17-19(18-7-3-2-4-8-18)24-12-15-27-16-13-24/h2-10,19H,11-17H2,1H3,(H,23,25). The molecule has 1 saturated heterocycles. The summed E-state index contributed by atoms with van der Waals surface area (Å²) in [4.78, 5) is 14.7. The van der Waals surface area contributed by atoms with E-state index >= 15 is 0 Å². The molecule has 0 radical (unpaired) electrons. The Bertz CT molecular complexity index is 732. The van der Waals surface area contributed by atoms with Crippen molar-refractivity contribution in [3.63, 3.8) is 0 Å². The minimum atomic E-state index is -0.0240. The monoisotopic (exact) mass is 384 g/mol. The van der Waals surface area contributed by atoms with Crippen molar-refractivity contribution in [1.29, 1.82) is 0 Å². The molecule has 1 heterocycles. The Morgan fingerprint density at radius 3 is 2.46 bits per heavy atom. The van der Waals surface area contributed by atoms with E-state index in [0.717, 1.165) is 26.3 Å². The molecular formula is C22H28N2O4. The van der Waals surface area contributed by atoms with Crippen molar-refractivity contribution < 1.29 is 19.0 Å². The summed E-state index contributed by atoms with van der Waals surface area (Å²) in [5.74, 6) is 1.29. The first kappa shape index (κ1) is 20.2.